The summed E-state index contributed by atoms with van der Waals surface area (Å²) in [4.78, 5) is 1.18. The third kappa shape index (κ3) is 3.85. The van der Waals surface area contributed by atoms with Crippen molar-refractivity contribution < 1.29 is 0 Å². The van der Waals surface area contributed by atoms with Crippen molar-refractivity contribution in [3.05, 3.63) is 41.9 Å². The molecule has 0 radical (unpaired) electrons. The molecule has 3 heteroatoms. The summed E-state index contributed by atoms with van der Waals surface area (Å²) in [5, 5.41) is 0.761. The summed E-state index contributed by atoms with van der Waals surface area (Å²) in [5.74, 6) is 0.852. The van der Waals surface area contributed by atoms with E-state index in [0.29, 0.717) is 0 Å². The van der Waals surface area contributed by atoms with E-state index < -0.39 is 0 Å². The van der Waals surface area contributed by atoms with Crippen LogP contribution in [0.15, 0.2) is 41.8 Å². The molecule has 0 fully saturated rings. The summed E-state index contributed by atoms with van der Waals surface area (Å²) in [6.45, 7) is 3.63. The van der Waals surface area contributed by atoms with Gasteiger partial charge in [-0.3, -0.25) is 0 Å². The van der Waals surface area contributed by atoms with Gasteiger partial charge in [0.25, 0.3) is 0 Å². The molecule has 1 aromatic carbocycles. The number of thioether (sulfide) groups is 1. The molecule has 0 bridgehead atoms. The molecule has 0 aliphatic heterocycles. The molecule has 2 N–H and O–H groups in total. The zero-order valence-electron chi connectivity index (χ0n) is 7.24. The molecule has 0 aliphatic carbocycles. The van der Waals surface area contributed by atoms with Gasteiger partial charge >= 0.3 is 0 Å². The minimum absolute atomic E-state index is 0.0562. The second kappa shape index (κ2) is 5.32. The minimum Gasteiger partial charge on any atom is -0.324 e. The fourth-order valence-corrected chi connectivity index (χ4v) is 1.77. The van der Waals surface area contributed by atoms with E-state index in [2.05, 4.69) is 6.58 Å². The number of benzene rings is 1. The van der Waals surface area contributed by atoms with Crippen molar-refractivity contribution in [1.82, 2.24) is 0 Å². The molecular weight excluding hydrogens is 202 g/mol. The van der Waals surface area contributed by atoms with Crippen molar-refractivity contribution in [3.63, 3.8) is 0 Å². The maximum atomic E-state index is 5.75. The quantitative estimate of drug-likeness (QED) is 0.615. The molecule has 1 rings (SSSR count). The van der Waals surface area contributed by atoms with Gasteiger partial charge in [0.15, 0.2) is 0 Å². The Bertz CT molecular complexity index is 271. The Hall–Kier alpha value is -0.440. The van der Waals surface area contributed by atoms with Gasteiger partial charge < -0.3 is 5.73 Å². The Morgan fingerprint density at radius 1 is 1.46 bits per heavy atom. The van der Waals surface area contributed by atoms with Gasteiger partial charge in [-0.25, -0.2) is 0 Å². The third-order valence-corrected chi connectivity index (χ3v) is 2.97. The lowest BCUT2D eigenvalue weighted by Gasteiger charge is -2.05. The van der Waals surface area contributed by atoms with E-state index >= 15 is 0 Å². The highest BCUT2D eigenvalue weighted by molar-refractivity contribution is 7.99. The molecule has 13 heavy (non-hydrogen) atoms. The second-order valence-electron chi connectivity index (χ2n) is 2.66. The zero-order chi connectivity index (χ0) is 9.68. The van der Waals surface area contributed by atoms with Gasteiger partial charge in [-0.05, 0) is 24.3 Å². The number of nitrogens with two attached hydrogens (primary N) is 1. The summed E-state index contributed by atoms with van der Waals surface area (Å²) in [6, 6.07) is 7.79. The van der Waals surface area contributed by atoms with E-state index in [4.69, 9.17) is 17.3 Å². The number of hydrogen-bond donors (Lipinski definition) is 1. The normalized spacial score (nSPS) is 12.5. The van der Waals surface area contributed by atoms with Crippen LogP contribution in [-0.4, -0.2) is 11.8 Å². The van der Waals surface area contributed by atoms with Crippen molar-refractivity contribution in [2.24, 2.45) is 5.73 Å². The number of rotatable bonds is 4. The third-order valence-electron chi connectivity index (χ3n) is 1.56. The van der Waals surface area contributed by atoms with Crippen molar-refractivity contribution >= 4 is 23.4 Å². The fraction of sp³-hybridized carbons (Fsp3) is 0.200. The van der Waals surface area contributed by atoms with Crippen molar-refractivity contribution in [3.8, 4) is 0 Å². The topological polar surface area (TPSA) is 26.0 Å². The lowest BCUT2D eigenvalue weighted by atomic mass is 10.4. The zero-order valence-corrected chi connectivity index (χ0v) is 8.81. The molecule has 0 aliphatic rings. The molecule has 1 nitrogen and oxygen atoms in total. The first-order valence-electron chi connectivity index (χ1n) is 3.99. The minimum atomic E-state index is 0.0562. The van der Waals surface area contributed by atoms with E-state index in [0.717, 1.165) is 10.8 Å². The lowest BCUT2D eigenvalue weighted by molar-refractivity contribution is 0.943. The Kier molecular flexibility index (Phi) is 4.36. The lowest BCUT2D eigenvalue weighted by Crippen LogP contribution is -2.18. The van der Waals surface area contributed by atoms with Crippen molar-refractivity contribution in [2.75, 3.05) is 5.75 Å². The highest BCUT2D eigenvalue weighted by Crippen LogP contribution is 2.20. The van der Waals surface area contributed by atoms with Crippen LogP contribution in [-0.2, 0) is 0 Å². The summed E-state index contributed by atoms with van der Waals surface area (Å²) in [7, 11) is 0. The summed E-state index contributed by atoms with van der Waals surface area (Å²) < 4.78 is 0. The Morgan fingerprint density at radius 2 is 2.08 bits per heavy atom. The first kappa shape index (κ1) is 10.6. The van der Waals surface area contributed by atoms with Gasteiger partial charge in [0.2, 0.25) is 0 Å². The highest BCUT2D eigenvalue weighted by atomic mass is 35.5. The van der Waals surface area contributed by atoms with Gasteiger partial charge in [0.1, 0.15) is 0 Å². The Morgan fingerprint density at radius 3 is 2.62 bits per heavy atom. The van der Waals surface area contributed by atoms with E-state index in [1.165, 1.54) is 4.90 Å². The standard InChI is InChI=1S/C10H12ClNS/c1-2-9(12)7-13-10-5-3-8(11)4-6-10/h2-6,9H,1,7,12H2. The maximum Gasteiger partial charge on any atom is 0.0406 e. The molecule has 0 amide bonds. The number of halogens is 1. The first-order valence-corrected chi connectivity index (χ1v) is 5.35. The van der Waals surface area contributed by atoms with Crippen LogP contribution in [0.4, 0.5) is 0 Å². The van der Waals surface area contributed by atoms with E-state index in [1.807, 2.05) is 24.3 Å². The molecule has 1 atom stereocenters. The SMILES string of the molecule is C=CC(N)CSc1ccc(Cl)cc1. The van der Waals surface area contributed by atoms with Crippen molar-refractivity contribution in [1.29, 1.82) is 0 Å². The van der Waals surface area contributed by atoms with Crippen LogP contribution < -0.4 is 5.73 Å². The van der Waals surface area contributed by atoms with Crippen LogP contribution in [0.1, 0.15) is 0 Å². The average Bonchev–Trinajstić information content (AvgIpc) is 2.16. The molecule has 0 spiro atoms. The van der Waals surface area contributed by atoms with Crippen LogP contribution in [0, 0.1) is 0 Å². The predicted molar refractivity (Wildman–Crippen MR) is 60.3 cm³/mol. The average molecular weight is 214 g/mol. The van der Waals surface area contributed by atoms with Gasteiger partial charge in [-0.1, -0.05) is 17.7 Å². The molecule has 1 unspecified atom stereocenters. The van der Waals surface area contributed by atoms with Gasteiger partial charge in [-0.15, -0.1) is 18.3 Å². The van der Waals surface area contributed by atoms with E-state index in [1.54, 1.807) is 17.8 Å². The summed E-state index contributed by atoms with van der Waals surface area (Å²) in [5.41, 5.74) is 5.69. The first-order chi connectivity index (χ1) is 6.22. The van der Waals surface area contributed by atoms with Gasteiger partial charge in [0.05, 0.1) is 0 Å². The molecule has 1 aromatic rings. The van der Waals surface area contributed by atoms with Crippen LogP contribution >= 0.6 is 23.4 Å². The number of hydrogen-bond acceptors (Lipinski definition) is 2. The van der Waals surface area contributed by atoms with Crippen LogP contribution in [0.2, 0.25) is 5.02 Å². The molecule has 0 aromatic heterocycles. The maximum absolute atomic E-state index is 5.75. The monoisotopic (exact) mass is 213 g/mol. The molecule has 70 valence electrons. The predicted octanol–water partition coefficient (Wildman–Crippen LogP) is 2.95. The van der Waals surface area contributed by atoms with Crippen LogP contribution in [0.3, 0.4) is 0 Å². The van der Waals surface area contributed by atoms with E-state index in [9.17, 15) is 0 Å². The highest BCUT2D eigenvalue weighted by Gasteiger charge is 1.98. The Labute approximate surface area is 88.0 Å². The molecule has 0 saturated heterocycles. The largest absolute Gasteiger partial charge is 0.324 e. The van der Waals surface area contributed by atoms with Gasteiger partial charge in [0, 0.05) is 21.7 Å². The second-order valence-corrected chi connectivity index (χ2v) is 4.19. The van der Waals surface area contributed by atoms with Crippen LogP contribution in [0.5, 0.6) is 0 Å². The fourth-order valence-electron chi connectivity index (χ4n) is 0.791. The Balaban J connectivity index is 2.45. The molecule has 0 saturated carbocycles. The smallest absolute Gasteiger partial charge is 0.0406 e. The molecule has 0 heterocycles. The summed E-state index contributed by atoms with van der Waals surface area (Å²) >= 11 is 7.46. The molecular formula is C10H12ClNS. The van der Waals surface area contributed by atoms with E-state index in [-0.39, 0.29) is 6.04 Å². The van der Waals surface area contributed by atoms with Gasteiger partial charge in [-0.2, -0.15) is 0 Å². The van der Waals surface area contributed by atoms with Crippen molar-refractivity contribution in [2.45, 2.75) is 10.9 Å². The van der Waals surface area contributed by atoms with Crippen LogP contribution in [0.25, 0.3) is 0 Å². The summed E-state index contributed by atoms with van der Waals surface area (Å²) in [6.07, 6.45) is 1.75.